The zero-order valence-corrected chi connectivity index (χ0v) is 13.6. The first-order chi connectivity index (χ1) is 10.6. The normalized spacial score (nSPS) is 19.9. The third-order valence-electron chi connectivity index (χ3n) is 4.14. The van der Waals surface area contributed by atoms with E-state index in [2.05, 4.69) is 58.8 Å². The van der Waals surface area contributed by atoms with Gasteiger partial charge in [-0.25, -0.2) is 9.67 Å². The van der Waals surface area contributed by atoms with Crippen LogP contribution in [0.2, 0.25) is 0 Å². The molecule has 0 N–H and O–H groups in total. The summed E-state index contributed by atoms with van der Waals surface area (Å²) in [6, 6.07) is 4.53. The van der Waals surface area contributed by atoms with Crippen LogP contribution in [0.25, 0.3) is 0 Å². The summed E-state index contributed by atoms with van der Waals surface area (Å²) in [6.45, 7) is 8.56. The van der Waals surface area contributed by atoms with Gasteiger partial charge in [0.1, 0.15) is 12.2 Å². The predicted molar refractivity (Wildman–Crippen MR) is 84.2 cm³/mol. The van der Waals surface area contributed by atoms with Crippen LogP contribution in [0.5, 0.6) is 0 Å². The Labute approximate surface area is 131 Å². The van der Waals surface area contributed by atoms with E-state index >= 15 is 0 Å². The molecule has 0 bridgehead atoms. The van der Waals surface area contributed by atoms with Gasteiger partial charge in [0.05, 0.1) is 25.8 Å². The van der Waals surface area contributed by atoms with E-state index in [1.165, 1.54) is 5.69 Å². The van der Waals surface area contributed by atoms with Crippen molar-refractivity contribution >= 4 is 0 Å². The molecule has 0 unspecified atom stereocenters. The Morgan fingerprint density at radius 3 is 3.00 bits per heavy atom. The van der Waals surface area contributed by atoms with Gasteiger partial charge >= 0.3 is 0 Å². The maximum atomic E-state index is 5.71. The summed E-state index contributed by atoms with van der Waals surface area (Å²) in [7, 11) is 2.09. The molecule has 3 heterocycles. The average molecular weight is 303 g/mol. The van der Waals surface area contributed by atoms with Crippen molar-refractivity contribution in [2.45, 2.75) is 33.0 Å². The molecule has 0 radical (unpaired) electrons. The SMILES string of the molecule is CC(C)Cn1ncnc1CN1CCOC[C@H]1c1cccn1C. The maximum Gasteiger partial charge on any atom is 0.141 e. The molecule has 1 atom stereocenters. The topological polar surface area (TPSA) is 48.1 Å². The largest absolute Gasteiger partial charge is 0.378 e. The van der Waals surface area contributed by atoms with Crippen LogP contribution < -0.4 is 0 Å². The molecular weight excluding hydrogens is 278 g/mol. The molecule has 1 saturated heterocycles. The standard InChI is InChI=1S/C16H25N5O/c1-13(2)9-21-16(17-12-18-21)10-20-7-8-22-11-15(20)14-5-4-6-19(14)3/h4-6,12-13,15H,7-11H2,1-3H3/t15-/m0/s1. The van der Waals surface area contributed by atoms with Gasteiger partial charge in [-0.05, 0) is 18.1 Å². The lowest BCUT2D eigenvalue weighted by Gasteiger charge is -2.35. The number of hydrogen-bond acceptors (Lipinski definition) is 4. The van der Waals surface area contributed by atoms with Crippen LogP contribution in [-0.2, 0) is 24.9 Å². The fourth-order valence-corrected chi connectivity index (χ4v) is 3.01. The number of rotatable bonds is 5. The number of morpholine rings is 1. The zero-order valence-electron chi connectivity index (χ0n) is 13.6. The van der Waals surface area contributed by atoms with Gasteiger partial charge in [0.2, 0.25) is 0 Å². The molecule has 3 rings (SSSR count). The van der Waals surface area contributed by atoms with E-state index in [1.54, 1.807) is 6.33 Å². The van der Waals surface area contributed by atoms with Crippen LogP contribution in [0, 0.1) is 5.92 Å². The van der Waals surface area contributed by atoms with Crippen LogP contribution in [0.15, 0.2) is 24.7 Å². The molecule has 1 aliphatic heterocycles. The Balaban J connectivity index is 1.78. The Morgan fingerprint density at radius 2 is 2.27 bits per heavy atom. The maximum absolute atomic E-state index is 5.71. The summed E-state index contributed by atoms with van der Waals surface area (Å²) in [6.07, 6.45) is 3.75. The molecule has 2 aromatic heterocycles. The number of ether oxygens (including phenoxy) is 1. The Morgan fingerprint density at radius 1 is 1.41 bits per heavy atom. The fourth-order valence-electron chi connectivity index (χ4n) is 3.01. The summed E-state index contributed by atoms with van der Waals surface area (Å²) in [5.41, 5.74) is 1.29. The zero-order chi connectivity index (χ0) is 15.5. The molecule has 120 valence electrons. The molecule has 1 aliphatic rings. The van der Waals surface area contributed by atoms with Crippen molar-refractivity contribution in [1.82, 2.24) is 24.2 Å². The second kappa shape index (κ2) is 6.62. The minimum atomic E-state index is 0.276. The lowest BCUT2D eigenvalue weighted by molar-refractivity contribution is -0.0169. The van der Waals surface area contributed by atoms with Crippen LogP contribution in [0.4, 0.5) is 0 Å². The third-order valence-corrected chi connectivity index (χ3v) is 4.14. The predicted octanol–water partition coefficient (Wildman–Crippen LogP) is 1.85. The van der Waals surface area contributed by atoms with Crippen molar-refractivity contribution in [2.75, 3.05) is 19.8 Å². The van der Waals surface area contributed by atoms with E-state index in [9.17, 15) is 0 Å². The summed E-state index contributed by atoms with van der Waals surface area (Å²) in [4.78, 5) is 6.91. The number of hydrogen-bond donors (Lipinski definition) is 0. The molecule has 0 spiro atoms. The van der Waals surface area contributed by atoms with Crippen LogP contribution in [0.1, 0.15) is 31.4 Å². The fraction of sp³-hybridized carbons (Fsp3) is 0.625. The van der Waals surface area contributed by atoms with Gasteiger partial charge < -0.3 is 9.30 Å². The second-order valence-electron chi connectivity index (χ2n) is 6.36. The van der Waals surface area contributed by atoms with E-state index in [0.717, 1.165) is 38.7 Å². The second-order valence-corrected chi connectivity index (χ2v) is 6.36. The Kier molecular flexibility index (Phi) is 4.59. The average Bonchev–Trinajstić information content (AvgIpc) is 3.09. The molecule has 1 fully saturated rings. The van der Waals surface area contributed by atoms with Crippen molar-refractivity contribution in [1.29, 1.82) is 0 Å². The third kappa shape index (κ3) is 3.23. The smallest absolute Gasteiger partial charge is 0.141 e. The van der Waals surface area contributed by atoms with Crippen molar-refractivity contribution in [3.05, 3.63) is 36.2 Å². The van der Waals surface area contributed by atoms with E-state index in [0.29, 0.717) is 5.92 Å². The first kappa shape index (κ1) is 15.2. The molecule has 6 heteroatoms. The number of aromatic nitrogens is 4. The molecule has 0 saturated carbocycles. The summed E-state index contributed by atoms with van der Waals surface area (Å²) in [5.74, 6) is 1.60. The lowest BCUT2D eigenvalue weighted by Crippen LogP contribution is -2.40. The monoisotopic (exact) mass is 303 g/mol. The van der Waals surface area contributed by atoms with Gasteiger partial charge in [0.15, 0.2) is 0 Å². The van der Waals surface area contributed by atoms with Gasteiger partial charge in [-0.1, -0.05) is 13.8 Å². The van der Waals surface area contributed by atoms with Crippen LogP contribution in [0.3, 0.4) is 0 Å². The Bertz CT molecular complexity index is 603. The molecule has 6 nitrogen and oxygen atoms in total. The van der Waals surface area contributed by atoms with E-state index in [-0.39, 0.29) is 6.04 Å². The highest BCUT2D eigenvalue weighted by molar-refractivity contribution is 5.13. The molecule has 22 heavy (non-hydrogen) atoms. The highest BCUT2D eigenvalue weighted by atomic mass is 16.5. The first-order valence-electron chi connectivity index (χ1n) is 7.95. The minimum Gasteiger partial charge on any atom is -0.378 e. The Hall–Kier alpha value is -1.66. The van der Waals surface area contributed by atoms with E-state index < -0.39 is 0 Å². The summed E-state index contributed by atoms with van der Waals surface area (Å²) in [5, 5.41) is 4.37. The van der Waals surface area contributed by atoms with E-state index in [1.807, 2.05) is 4.68 Å². The van der Waals surface area contributed by atoms with Crippen molar-refractivity contribution in [2.24, 2.45) is 13.0 Å². The van der Waals surface area contributed by atoms with Crippen molar-refractivity contribution < 1.29 is 4.74 Å². The number of nitrogens with zero attached hydrogens (tertiary/aromatic N) is 5. The van der Waals surface area contributed by atoms with Gasteiger partial charge in [0, 0.05) is 32.0 Å². The van der Waals surface area contributed by atoms with Gasteiger partial charge in [0.25, 0.3) is 0 Å². The quantitative estimate of drug-likeness (QED) is 0.846. The lowest BCUT2D eigenvalue weighted by atomic mass is 10.1. The highest BCUT2D eigenvalue weighted by Crippen LogP contribution is 2.25. The molecular formula is C16H25N5O. The van der Waals surface area contributed by atoms with Gasteiger partial charge in [-0.3, -0.25) is 4.90 Å². The summed E-state index contributed by atoms with van der Waals surface area (Å²) >= 11 is 0. The van der Waals surface area contributed by atoms with Gasteiger partial charge in [-0.2, -0.15) is 5.10 Å². The molecule has 0 amide bonds. The minimum absolute atomic E-state index is 0.276. The van der Waals surface area contributed by atoms with Crippen LogP contribution in [-0.4, -0.2) is 44.0 Å². The molecule has 2 aromatic rings. The highest BCUT2D eigenvalue weighted by Gasteiger charge is 2.27. The van der Waals surface area contributed by atoms with Gasteiger partial charge in [-0.15, -0.1) is 0 Å². The van der Waals surface area contributed by atoms with Crippen LogP contribution >= 0.6 is 0 Å². The molecule has 0 aromatic carbocycles. The molecule has 0 aliphatic carbocycles. The summed E-state index contributed by atoms with van der Waals surface area (Å²) < 4.78 is 9.91. The van der Waals surface area contributed by atoms with E-state index in [4.69, 9.17) is 4.74 Å². The van der Waals surface area contributed by atoms with Crippen molar-refractivity contribution in [3.8, 4) is 0 Å². The van der Waals surface area contributed by atoms with Crippen molar-refractivity contribution in [3.63, 3.8) is 0 Å². The number of aryl methyl sites for hydroxylation is 1. The first-order valence-corrected chi connectivity index (χ1v) is 7.95.